The lowest BCUT2D eigenvalue weighted by Crippen LogP contribution is -2.76. The maximum atomic E-state index is 13.2. The molecule has 0 aliphatic carbocycles. The minimum atomic E-state index is -5.27. The van der Waals surface area contributed by atoms with Crippen molar-refractivity contribution in [1.82, 2.24) is 20.7 Å². The summed E-state index contributed by atoms with van der Waals surface area (Å²) >= 11 is 0.953. The van der Waals surface area contributed by atoms with Gasteiger partial charge in [0.25, 0.3) is 17.9 Å². The monoisotopic (exact) mass is 706 g/mol. The molecule has 1 aliphatic heterocycles. The van der Waals surface area contributed by atoms with Crippen LogP contribution in [-0.4, -0.2) is 89.0 Å². The predicted molar refractivity (Wildman–Crippen MR) is 169 cm³/mol. The topological polar surface area (TPSA) is 265 Å². The normalized spacial score (nSPS) is 16.6. The molecule has 0 bridgehead atoms. The Morgan fingerprint density at radius 1 is 1.23 bits per heavy atom. The molecule has 1 aliphatic rings. The first-order chi connectivity index (χ1) is 22.6. The number of hydroxylamine groups is 2. The van der Waals surface area contributed by atoms with Crippen molar-refractivity contribution in [1.29, 1.82) is 0 Å². The molecule has 1 fully saturated rings. The van der Waals surface area contributed by atoms with Gasteiger partial charge in [-0.25, -0.2) is 22.8 Å². The molecule has 2 atom stereocenters. The minimum Gasteiger partial charge on any atom is -0.724 e. The number of nitrogens with one attached hydrogen (secondary N) is 2. The molecule has 1 unspecified atom stereocenters. The Morgan fingerprint density at radius 3 is 2.48 bits per heavy atom. The highest BCUT2D eigenvalue weighted by atomic mass is 32.3. The Balaban J connectivity index is 1.43. The summed E-state index contributed by atoms with van der Waals surface area (Å²) in [6.07, 6.45) is 0.296. The van der Waals surface area contributed by atoms with Gasteiger partial charge in [-0.1, -0.05) is 17.3 Å². The van der Waals surface area contributed by atoms with Crippen molar-refractivity contribution < 1.29 is 50.9 Å². The maximum Gasteiger partial charge on any atom is 0.351 e. The maximum absolute atomic E-state index is 13.2. The number of pyridine rings is 1. The number of aryl methyl sites for hydroxylation is 1. The van der Waals surface area contributed by atoms with E-state index in [9.17, 15) is 32.5 Å². The largest absolute Gasteiger partial charge is 0.724 e. The summed E-state index contributed by atoms with van der Waals surface area (Å²) < 4.78 is 44.8. The van der Waals surface area contributed by atoms with Crippen molar-refractivity contribution >= 4 is 50.4 Å². The van der Waals surface area contributed by atoms with Gasteiger partial charge in [0.1, 0.15) is 31.1 Å². The lowest BCUT2D eigenvalue weighted by atomic mass is 9.84. The molecule has 0 spiro atoms. The zero-order valence-electron chi connectivity index (χ0n) is 26.0. The highest BCUT2D eigenvalue weighted by Crippen LogP contribution is 2.33. The van der Waals surface area contributed by atoms with E-state index in [1.54, 1.807) is 12.1 Å². The SMILES string of the molecule is C[n+]1cc(-c2ccc(OCC(O/N=C(\C(=O)N[C@@H]3C(=O)N(OS(=O)(=O)[O-])C3(C)C)c3csc(N)n3)C(=O)O)cc2)ccc1CNCCN. The first-order valence-corrected chi connectivity index (χ1v) is 16.4. The summed E-state index contributed by atoms with van der Waals surface area (Å²) in [5.74, 6) is -3.18. The van der Waals surface area contributed by atoms with Gasteiger partial charge in [0.2, 0.25) is 10.4 Å². The van der Waals surface area contributed by atoms with Crippen LogP contribution in [0, 0.1) is 0 Å². The fourth-order valence-electron chi connectivity index (χ4n) is 4.51. The van der Waals surface area contributed by atoms with Crippen LogP contribution in [0.5, 0.6) is 5.75 Å². The third kappa shape index (κ3) is 8.79. The molecule has 2 amide bonds. The van der Waals surface area contributed by atoms with E-state index in [1.165, 1.54) is 19.2 Å². The number of carboxylic acid groups (broad SMARTS) is 1. The second kappa shape index (κ2) is 15.0. The summed E-state index contributed by atoms with van der Waals surface area (Å²) in [5.41, 5.74) is 12.0. The first kappa shape index (κ1) is 36.1. The number of hydrogen-bond acceptors (Lipinski definition) is 15. The summed E-state index contributed by atoms with van der Waals surface area (Å²) in [5, 5.41) is 20.8. The highest BCUT2D eigenvalue weighted by molar-refractivity contribution is 7.80. The van der Waals surface area contributed by atoms with Gasteiger partial charge >= 0.3 is 5.97 Å². The molecular weight excluding hydrogens is 672 g/mol. The second-order valence-electron chi connectivity index (χ2n) is 10.9. The molecule has 48 heavy (non-hydrogen) atoms. The van der Waals surface area contributed by atoms with Gasteiger partial charge in [-0.05, 0) is 37.6 Å². The summed E-state index contributed by atoms with van der Waals surface area (Å²) in [6, 6.07) is 9.57. The number of ether oxygens (including phenoxy) is 1. The van der Waals surface area contributed by atoms with E-state index in [4.69, 9.17) is 21.0 Å². The van der Waals surface area contributed by atoms with E-state index in [0.717, 1.165) is 28.2 Å². The van der Waals surface area contributed by atoms with E-state index in [-0.39, 0.29) is 10.8 Å². The number of anilines is 1. The number of benzene rings is 1. The van der Waals surface area contributed by atoms with Crippen molar-refractivity contribution in [3.63, 3.8) is 0 Å². The molecular formula is C28H34N8O10S2. The van der Waals surface area contributed by atoms with Crippen LogP contribution in [0.4, 0.5) is 5.13 Å². The standard InChI is InChI=1S/C28H34N8O10S2/c1-28(2)23(25(38)36(28)46-48(41,42)43)33-24(37)22(20-15-47-27(30)32-20)34-45-21(26(39)40)14-44-19-8-5-16(6-9-19)17-4-7-18(35(3)13-17)12-31-11-10-29/h4-9,13,15,21,23,31H,10-12,14,29H2,1-3H3,(H4-,30,32,33,37,39,40,41,42,43)/b34-22-/t21?,23-/m1/s1. The van der Waals surface area contributed by atoms with Crippen molar-refractivity contribution in [2.24, 2.45) is 17.9 Å². The molecule has 258 valence electrons. The number of hydrogen-bond donors (Lipinski definition) is 5. The zero-order chi connectivity index (χ0) is 35.2. The highest BCUT2D eigenvalue weighted by Gasteiger charge is 2.57. The Bertz CT molecular complexity index is 1800. The van der Waals surface area contributed by atoms with Crippen molar-refractivity contribution in [2.45, 2.75) is 38.1 Å². The summed E-state index contributed by atoms with van der Waals surface area (Å²) in [7, 11) is -3.33. The zero-order valence-corrected chi connectivity index (χ0v) is 27.6. The van der Waals surface area contributed by atoms with Crippen LogP contribution < -0.4 is 31.4 Å². The van der Waals surface area contributed by atoms with Gasteiger partial charge in [0.15, 0.2) is 22.7 Å². The van der Waals surface area contributed by atoms with Crippen LogP contribution in [0.25, 0.3) is 11.1 Å². The molecule has 7 N–H and O–H groups in total. The molecule has 20 heteroatoms. The molecule has 3 heterocycles. The van der Waals surface area contributed by atoms with Gasteiger partial charge in [-0.3, -0.25) is 9.59 Å². The van der Waals surface area contributed by atoms with Crippen LogP contribution in [0.3, 0.4) is 0 Å². The van der Waals surface area contributed by atoms with Gasteiger partial charge in [-0.15, -0.1) is 11.3 Å². The molecule has 1 saturated heterocycles. The van der Waals surface area contributed by atoms with E-state index < -0.39 is 58.2 Å². The van der Waals surface area contributed by atoms with Crippen molar-refractivity contribution in [3.8, 4) is 16.9 Å². The van der Waals surface area contributed by atoms with E-state index >= 15 is 0 Å². The number of carbonyl (C=O) groups is 3. The predicted octanol–water partition coefficient (Wildman–Crippen LogP) is -0.985. The average Bonchev–Trinajstić information content (AvgIpc) is 3.46. The van der Waals surface area contributed by atoms with Crippen molar-refractivity contribution in [3.05, 3.63) is 59.4 Å². The quantitative estimate of drug-likeness (QED) is 0.0228. The van der Waals surface area contributed by atoms with Crippen LogP contribution in [0.1, 0.15) is 25.2 Å². The number of nitrogen functional groups attached to an aromatic ring is 1. The average molecular weight is 707 g/mol. The number of amides is 2. The van der Waals surface area contributed by atoms with E-state index in [1.807, 2.05) is 42.1 Å². The lowest BCUT2D eigenvalue weighted by molar-refractivity contribution is -0.678. The van der Waals surface area contributed by atoms with Crippen LogP contribution in [0.15, 0.2) is 53.1 Å². The van der Waals surface area contributed by atoms with Crippen molar-refractivity contribution in [2.75, 3.05) is 25.4 Å². The number of carboxylic acids is 1. The Labute approximate surface area is 279 Å². The van der Waals surface area contributed by atoms with Crippen LogP contribution in [0.2, 0.25) is 0 Å². The molecule has 18 nitrogen and oxygen atoms in total. The van der Waals surface area contributed by atoms with Crippen LogP contribution >= 0.6 is 11.3 Å². The number of thiazole rings is 1. The molecule has 1 aromatic carbocycles. The number of aromatic nitrogens is 2. The lowest BCUT2D eigenvalue weighted by Gasteiger charge is -2.51. The third-order valence-corrected chi connectivity index (χ3v) is 8.11. The summed E-state index contributed by atoms with van der Waals surface area (Å²) in [6.45, 7) is 4.09. The first-order valence-electron chi connectivity index (χ1n) is 14.2. The number of nitrogens with zero attached hydrogens (tertiary/aromatic N) is 4. The van der Waals surface area contributed by atoms with Gasteiger partial charge < -0.3 is 41.3 Å². The minimum absolute atomic E-state index is 0.0524. The fourth-order valence-corrected chi connectivity index (χ4v) is 5.50. The van der Waals surface area contributed by atoms with Gasteiger partial charge in [0, 0.05) is 30.1 Å². The second-order valence-corrected chi connectivity index (χ2v) is 12.8. The fraction of sp³-hybridized carbons (Fsp3) is 0.357. The van der Waals surface area contributed by atoms with E-state index in [0.29, 0.717) is 30.4 Å². The van der Waals surface area contributed by atoms with E-state index in [2.05, 4.69) is 25.1 Å². The molecule has 2 aromatic heterocycles. The Morgan fingerprint density at radius 2 is 1.92 bits per heavy atom. The number of nitrogens with two attached hydrogens (primary N) is 2. The number of oxime groups is 1. The number of rotatable bonds is 16. The smallest absolute Gasteiger partial charge is 0.351 e. The number of carbonyl (C=O) groups excluding carboxylic acids is 2. The van der Waals surface area contributed by atoms with Gasteiger partial charge in [-0.2, -0.15) is 9.35 Å². The summed E-state index contributed by atoms with van der Waals surface area (Å²) in [4.78, 5) is 46.8. The third-order valence-electron chi connectivity index (χ3n) is 7.10. The number of aliphatic carboxylic acids is 1. The molecule has 4 rings (SSSR count). The Hall–Kier alpha value is -4.73. The Kier molecular flexibility index (Phi) is 11.3. The van der Waals surface area contributed by atoms with Gasteiger partial charge in [0.05, 0.1) is 12.1 Å². The molecule has 3 aromatic rings. The number of β-lactam (4-membered cyclic amide) rings is 1. The molecule has 0 saturated carbocycles. The molecule has 0 radical (unpaired) electrons. The van der Waals surface area contributed by atoms with Crippen LogP contribution in [-0.2, 0) is 47.5 Å².